The van der Waals surface area contributed by atoms with Crippen LogP contribution >= 0.6 is 44.3 Å². The van der Waals surface area contributed by atoms with Crippen molar-refractivity contribution in [2.75, 3.05) is 27.2 Å². The normalized spacial score (nSPS) is 11.4. The fraction of sp³-hybridized carbons (Fsp3) is 0.400. The molecule has 0 amide bonds. The topological polar surface area (TPSA) is 49.4 Å². The fourth-order valence-corrected chi connectivity index (χ4v) is 4.12. The van der Waals surface area contributed by atoms with Crippen LogP contribution in [-0.2, 0) is 10.0 Å². The molecule has 0 aliphatic rings. The highest BCUT2D eigenvalue weighted by molar-refractivity contribution is 9.11. The Morgan fingerprint density at radius 1 is 1.33 bits per heavy atom. The first-order chi connectivity index (χ1) is 7.89. The van der Waals surface area contributed by atoms with Crippen molar-refractivity contribution in [2.24, 2.45) is 0 Å². The number of sulfonamides is 1. The number of nitrogens with zero attached hydrogens (tertiary/aromatic N) is 1. The average molecular weight is 423 g/mol. The number of hydrogen-bond donors (Lipinski definition) is 1. The van der Waals surface area contributed by atoms with Gasteiger partial charge in [0.2, 0.25) is 10.0 Å². The Morgan fingerprint density at radius 2 is 1.94 bits per heavy atom. The van der Waals surface area contributed by atoms with Crippen LogP contribution in [0.2, 0.25) is 0 Å². The summed E-state index contributed by atoms with van der Waals surface area (Å²) >= 11 is 6.56. The summed E-state index contributed by atoms with van der Waals surface area (Å²) in [6.45, 7) is 1.05. The van der Waals surface area contributed by atoms with E-state index in [2.05, 4.69) is 37.2 Å². The molecule has 1 aromatic carbocycles. The second-order valence-corrected chi connectivity index (χ2v) is 7.29. The van der Waals surface area contributed by atoms with Gasteiger partial charge < -0.3 is 5.32 Å². The summed E-state index contributed by atoms with van der Waals surface area (Å²) in [6.07, 6.45) is 0. The molecule has 0 saturated carbocycles. The Balaban J connectivity index is 0.00000289. The van der Waals surface area contributed by atoms with Gasteiger partial charge in [0, 0.05) is 29.1 Å². The van der Waals surface area contributed by atoms with Gasteiger partial charge in [-0.1, -0.05) is 15.9 Å². The van der Waals surface area contributed by atoms with E-state index >= 15 is 0 Å². The maximum absolute atomic E-state index is 12.2. The minimum Gasteiger partial charge on any atom is -0.318 e. The predicted octanol–water partition coefficient (Wildman–Crippen LogP) is 2.47. The third-order valence-corrected chi connectivity index (χ3v) is 5.59. The molecule has 0 aliphatic carbocycles. The summed E-state index contributed by atoms with van der Waals surface area (Å²) in [7, 11) is -0.0747. The molecule has 4 nitrogen and oxygen atoms in total. The molecule has 8 heteroatoms. The third kappa shape index (κ3) is 4.47. The third-order valence-electron chi connectivity index (χ3n) is 2.26. The van der Waals surface area contributed by atoms with Gasteiger partial charge in [0.05, 0.1) is 4.90 Å². The highest BCUT2D eigenvalue weighted by Gasteiger charge is 2.22. The van der Waals surface area contributed by atoms with E-state index < -0.39 is 10.0 Å². The van der Waals surface area contributed by atoms with Crippen molar-refractivity contribution in [1.29, 1.82) is 0 Å². The molecule has 0 spiro atoms. The molecule has 0 aliphatic heterocycles. The van der Waals surface area contributed by atoms with Crippen LogP contribution in [0.25, 0.3) is 0 Å². The summed E-state index contributed by atoms with van der Waals surface area (Å²) in [6, 6.07) is 5.02. The lowest BCUT2D eigenvalue weighted by Crippen LogP contribution is -2.33. The van der Waals surface area contributed by atoms with Gasteiger partial charge in [-0.25, -0.2) is 8.42 Å². The van der Waals surface area contributed by atoms with Gasteiger partial charge in [0.15, 0.2) is 0 Å². The van der Waals surface area contributed by atoms with E-state index in [1.165, 1.54) is 4.31 Å². The lowest BCUT2D eigenvalue weighted by atomic mass is 10.4. The van der Waals surface area contributed by atoms with E-state index in [4.69, 9.17) is 0 Å². The van der Waals surface area contributed by atoms with Crippen molar-refractivity contribution in [3.63, 3.8) is 0 Å². The van der Waals surface area contributed by atoms with Crippen LogP contribution in [0, 0.1) is 0 Å². The molecular formula is C10H15Br2ClN2O2S. The summed E-state index contributed by atoms with van der Waals surface area (Å²) in [5, 5.41) is 2.92. The van der Waals surface area contributed by atoms with Crippen molar-refractivity contribution in [3.05, 3.63) is 27.1 Å². The largest absolute Gasteiger partial charge is 0.318 e. The quantitative estimate of drug-likeness (QED) is 0.793. The van der Waals surface area contributed by atoms with E-state index in [1.807, 2.05) is 0 Å². The maximum Gasteiger partial charge on any atom is 0.243 e. The lowest BCUT2D eigenvalue weighted by molar-refractivity contribution is 0.465. The number of nitrogens with one attached hydrogen (secondary N) is 1. The Morgan fingerprint density at radius 3 is 2.44 bits per heavy atom. The van der Waals surface area contributed by atoms with Crippen molar-refractivity contribution >= 4 is 54.3 Å². The van der Waals surface area contributed by atoms with Crippen molar-refractivity contribution in [2.45, 2.75) is 4.90 Å². The minimum absolute atomic E-state index is 0. The first-order valence-electron chi connectivity index (χ1n) is 4.95. The van der Waals surface area contributed by atoms with Gasteiger partial charge in [0.25, 0.3) is 0 Å². The van der Waals surface area contributed by atoms with Gasteiger partial charge >= 0.3 is 0 Å². The summed E-state index contributed by atoms with van der Waals surface area (Å²) in [5.74, 6) is 0. The molecule has 0 aromatic heterocycles. The molecule has 0 radical (unpaired) electrons. The van der Waals surface area contributed by atoms with Crippen molar-refractivity contribution < 1.29 is 8.42 Å². The first-order valence-corrected chi connectivity index (χ1v) is 7.98. The molecule has 0 heterocycles. The Kier molecular flexibility index (Phi) is 7.96. The van der Waals surface area contributed by atoms with E-state index in [-0.39, 0.29) is 17.3 Å². The van der Waals surface area contributed by atoms with Crippen LogP contribution in [0.5, 0.6) is 0 Å². The van der Waals surface area contributed by atoms with Crippen LogP contribution < -0.4 is 5.32 Å². The van der Waals surface area contributed by atoms with E-state index in [9.17, 15) is 8.42 Å². The molecule has 0 fully saturated rings. The lowest BCUT2D eigenvalue weighted by Gasteiger charge is -2.17. The van der Waals surface area contributed by atoms with Crippen LogP contribution in [0.4, 0.5) is 0 Å². The second kappa shape index (κ2) is 7.81. The molecule has 1 aromatic rings. The number of rotatable bonds is 5. The SMILES string of the molecule is CNCCN(C)S(=O)(=O)c1ccc(Br)cc1Br.Cl. The summed E-state index contributed by atoms with van der Waals surface area (Å²) in [4.78, 5) is 0.277. The molecular weight excluding hydrogens is 407 g/mol. The molecule has 0 unspecified atom stereocenters. The van der Waals surface area contributed by atoms with Crippen LogP contribution in [-0.4, -0.2) is 39.9 Å². The predicted molar refractivity (Wildman–Crippen MR) is 82.8 cm³/mol. The number of halogens is 3. The first kappa shape index (κ1) is 18.3. The minimum atomic E-state index is -3.43. The summed E-state index contributed by atoms with van der Waals surface area (Å²) < 4.78 is 27.2. The van der Waals surface area contributed by atoms with Crippen LogP contribution in [0.3, 0.4) is 0 Å². The molecule has 1 rings (SSSR count). The Labute approximate surface area is 131 Å². The van der Waals surface area contributed by atoms with Crippen molar-refractivity contribution in [3.8, 4) is 0 Å². The zero-order valence-electron chi connectivity index (χ0n) is 9.98. The van der Waals surface area contributed by atoms with Gasteiger partial charge in [-0.15, -0.1) is 12.4 Å². The van der Waals surface area contributed by atoms with Gasteiger partial charge in [-0.2, -0.15) is 4.31 Å². The zero-order chi connectivity index (χ0) is 13.1. The van der Waals surface area contributed by atoms with Crippen LogP contribution in [0.1, 0.15) is 0 Å². The number of hydrogen-bond acceptors (Lipinski definition) is 3. The Hall–Kier alpha value is 0.340. The molecule has 0 saturated heterocycles. The Bertz CT molecular complexity index is 497. The molecule has 0 bridgehead atoms. The van der Waals surface area contributed by atoms with Crippen LogP contribution in [0.15, 0.2) is 32.0 Å². The number of likely N-dealkylation sites (N-methyl/N-ethyl adjacent to an activating group) is 2. The van der Waals surface area contributed by atoms with Gasteiger partial charge in [0.1, 0.15) is 0 Å². The van der Waals surface area contributed by atoms with E-state index in [0.29, 0.717) is 17.6 Å². The highest BCUT2D eigenvalue weighted by atomic mass is 79.9. The van der Waals surface area contributed by atoms with Gasteiger partial charge in [-0.05, 0) is 41.2 Å². The van der Waals surface area contributed by atoms with Crippen molar-refractivity contribution in [1.82, 2.24) is 9.62 Å². The average Bonchev–Trinajstić information content (AvgIpc) is 2.25. The number of benzene rings is 1. The fourth-order valence-electron chi connectivity index (χ4n) is 1.24. The maximum atomic E-state index is 12.2. The molecule has 104 valence electrons. The molecule has 1 N–H and O–H groups in total. The summed E-state index contributed by atoms with van der Waals surface area (Å²) in [5.41, 5.74) is 0. The monoisotopic (exact) mass is 420 g/mol. The van der Waals surface area contributed by atoms with E-state index in [0.717, 1.165) is 4.47 Å². The second-order valence-electron chi connectivity index (χ2n) is 3.50. The van der Waals surface area contributed by atoms with Gasteiger partial charge in [-0.3, -0.25) is 0 Å². The molecule has 18 heavy (non-hydrogen) atoms. The van der Waals surface area contributed by atoms with E-state index in [1.54, 1.807) is 32.3 Å². The zero-order valence-corrected chi connectivity index (χ0v) is 14.8. The smallest absolute Gasteiger partial charge is 0.243 e. The highest BCUT2D eigenvalue weighted by Crippen LogP contribution is 2.27. The standard InChI is InChI=1S/C10H14Br2N2O2S.ClH/c1-13-5-6-14(2)17(15,16)10-4-3-8(11)7-9(10)12;/h3-4,7,13H,5-6H2,1-2H3;1H. The molecule has 0 atom stereocenters.